The fourth-order valence-electron chi connectivity index (χ4n) is 2.28. The number of hydrogen-bond acceptors (Lipinski definition) is 4. The lowest BCUT2D eigenvalue weighted by Crippen LogP contribution is -2.50. The number of hydrogen-bond donors (Lipinski definition) is 1. The van der Waals surface area contributed by atoms with Crippen molar-refractivity contribution in [3.63, 3.8) is 0 Å². The molecule has 6 heteroatoms. The van der Waals surface area contributed by atoms with Gasteiger partial charge in [-0.25, -0.2) is 12.7 Å². The van der Waals surface area contributed by atoms with E-state index in [4.69, 9.17) is 0 Å². The highest BCUT2D eigenvalue weighted by molar-refractivity contribution is 7.89. The Morgan fingerprint density at radius 2 is 2.11 bits per heavy atom. The summed E-state index contributed by atoms with van der Waals surface area (Å²) in [5.41, 5.74) is 0. The Morgan fingerprint density at radius 1 is 1.44 bits per heavy atom. The number of nitrogens with zero attached hydrogens (tertiary/aromatic N) is 2. The summed E-state index contributed by atoms with van der Waals surface area (Å²) in [6.45, 7) is 6.41. The van der Waals surface area contributed by atoms with Crippen molar-refractivity contribution in [1.82, 2.24) is 14.5 Å². The smallest absolute Gasteiger partial charge is 0.218 e. The Bertz CT molecular complexity index is 343. The molecule has 1 rings (SSSR count). The third kappa shape index (κ3) is 3.91. The zero-order valence-electron chi connectivity index (χ0n) is 12.0. The third-order valence-electron chi connectivity index (χ3n) is 3.64. The van der Waals surface area contributed by atoms with Crippen LogP contribution < -0.4 is 5.32 Å². The van der Waals surface area contributed by atoms with E-state index in [1.165, 1.54) is 0 Å². The Labute approximate surface area is 112 Å². The molecule has 1 heterocycles. The Balaban J connectivity index is 2.66. The second-order valence-corrected chi connectivity index (χ2v) is 7.63. The molecule has 1 aliphatic heterocycles. The van der Waals surface area contributed by atoms with Gasteiger partial charge in [-0.1, -0.05) is 6.92 Å². The average Bonchev–Trinajstić information content (AvgIpc) is 2.35. The van der Waals surface area contributed by atoms with Gasteiger partial charge < -0.3 is 10.2 Å². The molecule has 0 aromatic rings. The summed E-state index contributed by atoms with van der Waals surface area (Å²) in [6.07, 6.45) is 2.04. The third-order valence-corrected chi connectivity index (χ3v) is 5.87. The molecule has 0 aromatic carbocycles. The highest BCUT2D eigenvalue weighted by Gasteiger charge is 2.33. The summed E-state index contributed by atoms with van der Waals surface area (Å²) in [4.78, 5) is 2.12. The second-order valence-electron chi connectivity index (χ2n) is 5.28. The number of piperidine rings is 1. The van der Waals surface area contributed by atoms with Crippen molar-refractivity contribution < 1.29 is 8.42 Å². The summed E-state index contributed by atoms with van der Waals surface area (Å²) < 4.78 is 26.5. The maximum absolute atomic E-state index is 12.4. The minimum Gasteiger partial charge on any atom is -0.316 e. The van der Waals surface area contributed by atoms with E-state index >= 15 is 0 Å². The first-order valence-corrected chi connectivity index (χ1v) is 8.26. The molecular weight excluding hydrogens is 250 g/mol. The molecule has 0 spiro atoms. The van der Waals surface area contributed by atoms with Gasteiger partial charge >= 0.3 is 0 Å². The van der Waals surface area contributed by atoms with E-state index in [2.05, 4.69) is 10.2 Å². The van der Waals surface area contributed by atoms with Crippen LogP contribution in [0.1, 0.15) is 26.7 Å². The van der Waals surface area contributed by atoms with Crippen molar-refractivity contribution in [2.24, 2.45) is 0 Å². The van der Waals surface area contributed by atoms with Gasteiger partial charge in [0.25, 0.3) is 0 Å². The van der Waals surface area contributed by atoms with Crippen LogP contribution >= 0.6 is 0 Å². The maximum atomic E-state index is 12.4. The van der Waals surface area contributed by atoms with Gasteiger partial charge in [0, 0.05) is 25.7 Å². The summed E-state index contributed by atoms with van der Waals surface area (Å²) in [5, 5.41) is 2.76. The van der Waals surface area contributed by atoms with Crippen molar-refractivity contribution in [2.45, 2.75) is 38.0 Å². The van der Waals surface area contributed by atoms with Gasteiger partial charge in [0.1, 0.15) is 0 Å². The zero-order valence-corrected chi connectivity index (χ0v) is 12.8. The molecule has 2 atom stereocenters. The van der Waals surface area contributed by atoms with Crippen molar-refractivity contribution in [3.05, 3.63) is 0 Å². The second kappa shape index (κ2) is 6.84. The summed E-state index contributed by atoms with van der Waals surface area (Å²) in [5.74, 6) is 0. The normalized spacial score (nSPS) is 24.4. The monoisotopic (exact) mass is 277 g/mol. The van der Waals surface area contributed by atoms with E-state index in [0.29, 0.717) is 25.7 Å². The molecule has 0 amide bonds. The summed E-state index contributed by atoms with van der Waals surface area (Å²) in [6, 6.07) is 0.347. The molecule has 1 aliphatic rings. The lowest BCUT2D eigenvalue weighted by atomic mass is 10.1. The molecule has 0 radical (unpaired) electrons. The van der Waals surface area contributed by atoms with Crippen molar-refractivity contribution >= 4 is 10.0 Å². The van der Waals surface area contributed by atoms with E-state index in [-0.39, 0.29) is 5.25 Å². The first-order chi connectivity index (χ1) is 8.39. The Hall–Kier alpha value is -0.170. The molecule has 0 aliphatic carbocycles. The van der Waals surface area contributed by atoms with Crippen molar-refractivity contribution in [1.29, 1.82) is 0 Å². The lowest BCUT2D eigenvalue weighted by molar-refractivity contribution is 0.189. The van der Waals surface area contributed by atoms with Crippen LogP contribution in [0.3, 0.4) is 0 Å². The standard InChI is InChI=1S/C12H27N3O2S/c1-5-13-9-11(2)18(16,17)15-8-6-7-12(10-15)14(3)4/h11-13H,5-10H2,1-4H3. The van der Waals surface area contributed by atoms with Crippen LogP contribution in [0.15, 0.2) is 0 Å². The van der Waals surface area contributed by atoms with Crippen LogP contribution in [0.2, 0.25) is 0 Å². The van der Waals surface area contributed by atoms with Gasteiger partial charge in [0.2, 0.25) is 10.0 Å². The van der Waals surface area contributed by atoms with Crippen molar-refractivity contribution in [3.8, 4) is 0 Å². The molecule has 1 fully saturated rings. The molecule has 5 nitrogen and oxygen atoms in total. The fraction of sp³-hybridized carbons (Fsp3) is 1.00. The summed E-state index contributed by atoms with van der Waals surface area (Å²) >= 11 is 0. The van der Waals surface area contributed by atoms with Crippen LogP contribution in [0.4, 0.5) is 0 Å². The first kappa shape index (κ1) is 15.9. The van der Waals surface area contributed by atoms with E-state index in [1.807, 2.05) is 21.0 Å². The van der Waals surface area contributed by atoms with Gasteiger partial charge in [-0.05, 0) is 40.4 Å². The van der Waals surface area contributed by atoms with Crippen LogP contribution in [-0.4, -0.2) is 69.2 Å². The number of likely N-dealkylation sites (N-methyl/N-ethyl adjacent to an activating group) is 1. The van der Waals surface area contributed by atoms with Gasteiger partial charge in [-0.3, -0.25) is 0 Å². The zero-order chi connectivity index (χ0) is 13.8. The van der Waals surface area contributed by atoms with Crippen LogP contribution in [0.25, 0.3) is 0 Å². The SMILES string of the molecule is CCNCC(C)S(=O)(=O)N1CCCC(N(C)C)C1. The van der Waals surface area contributed by atoms with E-state index < -0.39 is 10.0 Å². The first-order valence-electron chi connectivity index (χ1n) is 6.75. The summed E-state index contributed by atoms with van der Waals surface area (Å²) in [7, 11) is 0.877. The molecular formula is C12H27N3O2S. The van der Waals surface area contributed by atoms with Gasteiger partial charge in [0.15, 0.2) is 0 Å². The van der Waals surface area contributed by atoms with Gasteiger partial charge in [0.05, 0.1) is 5.25 Å². The topological polar surface area (TPSA) is 52.7 Å². The fourth-order valence-corrected chi connectivity index (χ4v) is 3.88. The molecule has 1 saturated heterocycles. The highest BCUT2D eigenvalue weighted by atomic mass is 32.2. The van der Waals surface area contributed by atoms with Crippen LogP contribution in [0.5, 0.6) is 0 Å². The van der Waals surface area contributed by atoms with Crippen molar-refractivity contribution in [2.75, 3.05) is 40.3 Å². The molecule has 0 aromatic heterocycles. The van der Waals surface area contributed by atoms with E-state index in [0.717, 1.165) is 19.4 Å². The van der Waals surface area contributed by atoms with E-state index in [1.54, 1.807) is 11.2 Å². The number of nitrogens with one attached hydrogen (secondary N) is 1. The quantitative estimate of drug-likeness (QED) is 0.761. The Morgan fingerprint density at radius 3 is 2.67 bits per heavy atom. The van der Waals surface area contributed by atoms with E-state index in [9.17, 15) is 8.42 Å². The lowest BCUT2D eigenvalue weighted by Gasteiger charge is -2.36. The van der Waals surface area contributed by atoms with Gasteiger partial charge in [-0.15, -0.1) is 0 Å². The maximum Gasteiger partial charge on any atom is 0.218 e. The molecule has 18 heavy (non-hydrogen) atoms. The molecule has 1 N–H and O–H groups in total. The number of sulfonamides is 1. The predicted molar refractivity (Wildman–Crippen MR) is 75.2 cm³/mol. The minimum atomic E-state index is -3.16. The van der Waals surface area contributed by atoms with Crippen LogP contribution in [0, 0.1) is 0 Å². The Kier molecular flexibility index (Phi) is 6.04. The largest absolute Gasteiger partial charge is 0.316 e. The minimum absolute atomic E-state index is 0.347. The predicted octanol–water partition coefficient (Wildman–Crippen LogP) is 0.340. The van der Waals surface area contributed by atoms with Crippen LogP contribution in [-0.2, 0) is 10.0 Å². The van der Waals surface area contributed by atoms with Gasteiger partial charge in [-0.2, -0.15) is 0 Å². The molecule has 0 bridgehead atoms. The average molecular weight is 277 g/mol. The molecule has 0 saturated carbocycles. The number of rotatable bonds is 6. The molecule has 2 unspecified atom stereocenters. The highest BCUT2D eigenvalue weighted by Crippen LogP contribution is 2.19. The molecule has 108 valence electrons.